The van der Waals surface area contributed by atoms with Gasteiger partial charge in [-0.15, -0.1) is 0 Å². The van der Waals surface area contributed by atoms with E-state index in [0.717, 1.165) is 18.4 Å². The minimum absolute atomic E-state index is 0.0262. The van der Waals surface area contributed by atoms with Crippen molar-refractivity contribution < 1.29 is 14.7 Å². The molecule has 0 aromatic rings. The van der Waals surface area contributed by atoms with E-state index < -0.39 is 5.97 Å². The summed E-state index contributed by atoms with van der Waals surface area (Å²) in [5.74, 6) is -1.15. The van der Waals surface area contributed by atoms with Crippen molar-refractivity contribution in [2.24, 2.45) is 5.92 Å². The summed E-state index contributed by atoms with van der Waals surface area (Å²) < 4.78 is 0. The van der Waals surface area contributed by atoms with Crippen LogP contribution in [0.25, 0.3) is 0 Å². The maximum atomic E-state index is 12.6. The molecule has 0 saturated carbocycles. The van der Waals surface area contributed by atoms with Crippen LogP contribution in [0.1, 0.15) is 33.1 Å². The standard InChI is InChI=1S/C14H22N2O3/c1-4-15(8-9(2)3)14(19)16-10-5-6-12(16)11(7-10)13(17)18/h10-12H,2,4-8H2,1,3H3,(H,17,18). The zero-order valence-electron chi connectivity index (χ0n) is 11.6. The van der Waals surface area contributed by atoms with Crippen LogP contribution >= 0.6 is 0 Å². The summed E-state index contributed by atoms with van der Waals surface area (Å²) in [4.78, 5) is 27.3. The van der Waals surface area contributed by atoms with Crippen LogP contribution in [0.4, 0.5) is 4.79 Å². The summed E-state index contributed by atoms with van der Waals surface area (Å²) in [6.45, 7) is 8.85. The predicted octanol–water partition coefficient (Wildman–Crippen LogP) is 1.94. The van der Waals surface area contributed by atoms with Crippen LogP contribution in [0.3, 0.4) is 0 Å². The molecule has 2 saturated heterocycles. The number of aliphatic carboxylic acids is 1. The lowest BCUT2D eigenvalue weighted by atomic mass is 9.89. The molecule has 0 radical (unpaired) electrons. The van der Waals surface area contributed by atoms with Gasteiger partial charge < -0.3 is 14.9 Å². The normalized spacial score (nSPS) is 28.5. The van der Waals surface area contributed by atoms with Crippen LogP contribution in [0.2, 0.25) is 0 Å². The van der Waals surface area contributed by atoms with Crippen molar-refractivity contribution in [1.29, 1.82) is 0 Å². The minimum atomic E-state index is -0.770. The number of rotatable bonds is 4. The number of hydrogen-bond acceptors (Lipinski definition) is 2. The summed E-state index contributed by atoms with van der Waals surface area (Å²) in [6.07, 6.45) is 2.36. The lowest BCUT2D eigenvalue weighted by Gasteiger charge is -2.30. The molecule has 106 valence electrons. The summed E-state index contributed by atoms with van der Waals surface area (Å²) in [5, 5.41) is 9.21. The Morgan fingerprint density at radius 1 is 1.42 bits per heavy atom. The molecule has 2 bridgehead atoms. The molecule has 0 aromatic carbocycles. The summed E-state index contributed by atoms with van der Waals surface area (Å²) in [6, 6.07) is -0.0336. The monoisotopic (exact) mass is 266 g/mol. The van der Waals surface area contributed by atoms with Crippen molar-refractivity contribution in [3.8, 4) is 0 Å². The van der Waals surface area contributed by atoms with Crippen LogP contribution in [0.15, 0.2) is 12.2 Å². The highest BCUT2D eigenvalue weighted by Gasteiger charge is 2.52. The number of fused-ring (bicyclic) bond motifs is 2. The number of carbonyl (C=O) groups excluding carboxylic acids is 1. The maximum absolute atomic E-state index is 12.6. The van der Waals surface area contributed by atoms with Crippen LogP contribution in [0, 0.1) is 5.92 Å². The maximum Gasteiger partial charge on any atom is 0.320 e. The van der Waals surface area contributed by atoms with Gasteiger partial charge in [0.2, 0.25) is 0 Å². The van der Waals surface area contributed by atoms with Crippen molar-refractivity contribution in [3.05, 3.63) is 12.2 Å². The Balaban J connectivity index is 2.11. The van der Waals surface area contributed by atoms with Gasteiger partial charge >= 0.3 is 12.0 Å². The van der Waals surface area contributed by atoms with Crippen LogP contribution in [-0.4, -0.2) is 52.1 Å². The molecule has 2 heterocycles. The van der Waals surface area contributed by atoms with Crippen molar-refractivity contribution in [2.75, 3.05) is 13.1 Å². The number of carbonyl (C=O) groups is 2. The molecule has 0 aromatic heterocycles. The number of hydrogen-bond donors (Lipinski definition) is 1. The Labute approximate surface area is 113 Å². The van der Waals surface area contributed by atoms with Crippen LogP contribution < -0.4 is 0 Å². The molecule has 0 spiro atoms. The van der Waals surface area contributed by atoms with Crippen molar-refractivity contribution in [2.45, 2.75) is 45.2 Å². The van der Waals surface area contributed by atoms with Gasteiger partial charge in [-0.25, -0.2) is 4.79 Å². The number of carboxylic acids is 1. The molecule has 2 aliphatic rings. The first-order valence-corrected chi connectivity index (χ1v) is 6.90. The number of urea groups is 1. The largest absolute Gasteiger partial charge is 0.481 e. The Morgan fingerprint density at radius 2 is 2.11 bits per heavy atom. The smallest absolute Gasteiger partial charge is 0.320 e. The molecule has 2 amide bonds. The van der Waals surface area contributed by atoms with Crippen LogP contribution in [-0.2, 0) is 4.79 Å². The molecule has 1 N–H and O–H groups in total. The summed E-state index contributed by atoms with van der Waals surface area (Å²) in [7, 11) is 0. The second-order valence-corrected chi connectivity index (χ2v) is 5.64. The molecule has 0 aliphatic carbocycles. The molecular formula is C14H22N2O3. The average molecular weight is 266 g/mol. The second kappa shape index (κ2) is 5.23. The van der Waals surface area contributed by atoms with E-state index in [2.05, 4.69) is 6.58 Å². The minimum Gasteiger partial charge on any atom is -0.481 e. The quantitative estimate of drug-likeness (QED) is 0.791. The second-order valence-electron chi connectivity index (χ2n) is 5.64. The van der Waals surface area contributed by atoms with E-state index in [1.807, 2.05) is 18.7 Å². The van der Waals surface area contributed by atoms with E-state index in [1.165, 1.54) is 0 Å². The molecular weight excluding hydrogens is 244 g/mol. The summed E-state index contributed by atoms with van der Waals surface area (Å²) in [5.41, 5.74) is 0.941. The molecule has 2 fully saturated rings. The van der Waals surface area contributed by atoms with Gasteiger partial charge in [-0.1, -0.05) is 12.2 Å². The molecule has 2 aliphatic heterocycles. The predicted molar refractivity (Wildman–Crippen MR) is 71.8 cm³/mol. The van der Waals surface area contributed by atoms with Gasteiger partial charge in [0.1, 0.15) is 0 Å². The van der Waals surface area contributed by atoms with Gasteiger partial charge in [0.05, 0.1) is 5.92 Å². The van der Waals surface area contributed by atoms with Crippen molar-refractivity contribution in [1.82, 2.24) is 9.80 Å². The Hall–Kier alpha value is -1.52. The van der Waals surface area contributed by atoms with Crippen molar-refractivity contribution in [3.63, 3.8) is 0 Å². The van der Waals surface area contributed by atoms with E-state index >= 15 is 0 Å². The molecule has 5 heteroatoms. The highest BCUT2D eigenvalue weighted by molar-refractivity contribution is 5.79. The lowest BCUT2D eigenvalue weighted by molar-refractivity contribution is -0.142. The van der Waals surface area contributed by atoms with Gasteiger partial charge in [-0.3, -0.25) is 4.79 Å². The number of likely N-dealkylation sites (N-methyl/N-ethyl adjacent to an activating group) is 1. The van der Waals surface area contributed by atoms with Gasteiger partial charge in [0.25, 0.3) is 0 Å². The molecule has 2 rings (SSSR count). The topological polar surface area (TPSA) is 60.9 Å². The lowest BCUT2D eigenvalue weighted by Crippen LogP contribution is -2.47. The average Bonchev–Trinajstić information content (AvgIpc) is 2.92. The fourth-order valence-electron chi connectivity index (χ4n) is 3.36. The van der Waals surface area contributed by atoms with Gasteiger partial charge in [-0.2, -0.15) is 0 Å². The fraction of sp³-hybridized carbons (Fsp3) is 0.714. The third-order valence-corrected chi connectivity index (χ3v) is 4.19. The molecule has 3 unspecified atom stereocenters. The summed E-state index contributed by atoms with van der Waals surface area (Å²) >= 11 is 0. The van der Waals surface area contributed by atoms with E-state index in [0.29, 0.717) is 19.5 Å². The first-order chi connectivity index (χ1) is 8.95. The van der Waals surface area contributed by atoms with E-state index in [4.69, 9.17) is 0 Å². The number of nitrogens with zero attached hydrogens (tertiary/aromatic N) is 2. The molecule has 5 nitrogen and oxygen atoms in total. The van der Waals surface area contributed by atoms with E-state index in [9.17, 15) is 14.7 Å². The zero-order chi connectivity index (χ0) is 14.2. The van der Waals surface area contributed by atoms with Crippen molar-refractivity contribution >= 4 is 12.0 Å². The van der Waals surface area contributed by atoms with E-state index in [1.54, 1.807) is 4.90 Å². The van der Waals surface area contributed by atoms with Gasteiger partial charge in [0, 0.05) is 25.2 Å². The van der Waals surface area contributed by atoms with Gasteiger partial charge in [-0.05, 0) is 33.1 Å². The van der Waals surface area contributed by atoms with Gasteiger partial charge in [0.15, 0.2) is 0 Å². The zero-order valence-corrected chi connectivity index (χ0v) is 11.6. The third-order valence-electron chi connectivity index (χ3n) is 4.19. The first kappa shape index (κ1) is 13.9. The Kier molecular flexibility index (Phi) is 3.83. The highest BCUT2D eigenvalue weighted by atomic mass is 16.4. The first-order valence-electron chi connectivity index (χ1n) is 6.90. The number of carboxylic acid groups (broad SMARTS) is 1. The molecule has 3 atom stereocenters. The molecule has 19 heavy (non-hydrogen) atoms. The SMILES string of the molecule is C=C(C)CN(CC)C(=O)N1C2CCC1C(C(=O)O)C2. The fourth-order valence-corrected chi connectivity index (χ4v) is 3.36. The number of amides is 2. The Morgan fingerprint density at radius 3 is 2.58 bits per heavy atom. The third kappa shape index (κ3) is 2.46. The highest BCUT2D eigenvalue weighted by Crippen LogP contribution is 2.42. The Bertz CT molecular complexity index is 407. The van der Waals surface area contributed by atoms with E-state index in [-0.39, 0.29) is 24.0 Å². The van der Waals surface area contributed by atoms with Crippen LogP contribution in [0.5, 0.6) is 0 Å².